The van der Waals surface area contributed by atoms with Crippen molar-refractivity contribution in [2.75, 3.05) is 0 Å². The second-order valence-corrected chi connectivity index (χ2v) is 2.74. The van der Waals surface area contributed by atoms with E-state index in [1.807, 2.05) is 6.07 Å². The van der Waals surface area contributed by atoms with E-state index in [1.165, 1.54) is 6.26 Å². The van der Waals surface area contributed by atoms with E-state index in [-0.39, 0.29) is 5.84 Å². The molecule has 0 atom stereocenters. The molecule has 1 aromatic rings. The zero-order valence-corrected chi connectivity index (χ0v) is 8.36. The van der Waals surface area contributed by atoms with E-state index in [9.17, 15) is 4.79 Å². The highest BCUT2D eigenvalue weighted by Crippen LogP contribution is 1.97. The predicted octanol–water partition coefficient (Wildman–Crippen LogP) is 2.27. The third-order valence-corrected chi connectivity index (χ3v) is 1.60. The Bertz CT molecular complexity index is 371. The van der Waals surface area contributed by atoms with Gasteiger partial charge < -0.3 is 4.74 Å². The molecular weight excluding hydrogens is 192 g/mol. The number of carbonyl (C=O) groups is 1. The summed E-state index contributed by atoms with van der Waals surface area (Å²) in [5.41, 5.74) is 0.634. The van der Waals surface area contributed by atoms with E-state index in [1.54, 1.807) is 37.3 Å². The number of hydrogen-bond donors (Lipinski definition) is 2. The largest absolute Gasteiger partial charge is 0.418 e. The van der Waals surface area contributed by atoms with Gasteiger partial charge in [0.05, 0.1) is 6.26 Å². The van der Waals surface area contributed by atoms with Crippen molar-refractivity contribution < 1.29 is 9.53 Å². The van der Waals surface area contributed by atoms with E-state index >= 15 is 0 Å². The number of hydrogen-bond acceptors (Lipinski definition) is 3. The molecule has 0 fully saturated rings. The van der Waals surface area contributed by atoms with Crippen LogP contribution in [0.4, 0.5) is 4.79 Å². The van der Waals surface area contributed by atoms with Gasteiger partial charge in [0.2, 0.25) is 0 Å². The SMILES string of the molecule is CC=COC(=O)NC(=N)c1ccccc1. The highest BCUT2D eigenvalue weighted by Gasteiger charge is 2.05. The molecule has 0 unspecified atom stereocenters. The van der Waals surface area contributed by atoms with Crippen LogP contribution in [0.25, 0.3) is 0 Å². The Hall–Kier alpha value is -2.10. The molecule has 1 rings (SSSR count). The van der Waals surface area contributed by atoms with Gasteiger partial charge in [-0.25, -0.2) is 4.79 Å². The van der Waals surface area contributed by atoms with Crippen LogP contribution in [0, 0.1) is 5.41 Å². The van der Waals surface area contributed by atoms with Gasteiger partial charge in [-0.05, 0) is 6.92 Å². The Kier molecular flexibility index (Phi) is 4.09. The van der Waals surface area contributed by atoms with Crippen molar-refractivity contribution >= 4 is 11.9 Å². The van der Waals surface area contributed by atoms with Crippen molar-refractivity contribution in [3.63, 3.8) is 0 Å². The minimum atomic E-state index is -0.665. The summed E-state index contributed by atoms with van der Waals surface area (Å²) >= 11 is 0. The number of alkyl carbamates (subject to hydrolysis) is 1. The maximum atomic E-state index is 11.1. The highest BCUT2D eigenvalue weighted by molar-refractivity contribution is 6.04. The molecule has 4 heteroatoms. The lowest BCUT2D eigenvalue weighted by atomic mass is 10.2. The normalized spacial score (nSPS) is 9.93. The van der Waals surface area contributed by atoms with Gasteiger partial charge in [0.25, 0.3) is 0 Å². The van der Waals surface area contributed by atoms with Crippen LogP contribution in [0.3, 0.4) is 0 Å². The maximum Gasteiger partial charge on any atom is 0.417 e. The van der Waals surface area contributed by atoms with E-state index in [2.05, 4.69) is 10.1 Å². The molecule has 2 N–H and O–H groups in total. The molecule has 78 valence electrons. The molecule has 0 heterocycles. The first-order valence-electron chi connectivity index (χ1n) is 4.47. The molecule has 0 aliphatic carbocycles. The van der Waals surface area contributed by atoms with Crippen LogP contribution < -0.4 is 5.32 Å². The molecule has 0 aliphatic rings. The molecule has 1 amide bonds. The number of rotatable bonds is 2. The minimum Gasteiger partial charge on any atom is -0.418 e. The average molecular weight is 204 g/mol. The molecule has 4 nitrogen and oxygen atoms in total. The Balaban J connectivity index is 2.53. The van der Waals surface area contributed by atoms with Crippen molar-refractivity contribution in [3.8, 4) is 0 Å². The Labute approximate surface area is 88.1 Å². The molecule has 0 saturated heterocycles. The van der Waals surface area contributed by atoms with Gasteiger partial charge in [0, 0.05) is 5.56 Å². The number of carbonyl (C=O) groups excluding carboxylic acids is 1. The maximum absolute atomic E-state index is 11.1. The van der Waals surface area contributed by atoms with Gasteiger partial charge >= 0.3 is 6.09 Å². The van der Waals surface area contributed by atoms with Crippen LogP contribution in [0.1, 0.15) is 12.5 Å². The highest BCUT2D eigenvalue weighted by atomic mass is 16.5. The summed E-state index contributed by atoms with van der Waals surface area (Å²) < 4.78 is 4.61. The van der Waals surface area contributed by atoms with Gasteiger partial charge in [-0.15, -0.1) is 0 Å². The monoisotopic (exact) mass is 204 g/mol. The summed E-state index contributed by atoms with van der Waals surface area (Å²) in [4.78, 5) is 11.1. The van der Waals surface area contributed by atoms with Crippen LogP contribution >= 0.6 is 0 Å². The van der Waals surface area contributed by atoms with Crippen molar-refractivity contribution in [1.82, 2.24) is 5.32 Å². The number of ether oxygens (including phenoxy) is 1. The van der Waals surface area contributed by atoms with Gasteiger partial charge in [-0.2, -0.15) is 0 Å². The molecule has 0 aliphatic heterocycles. The molecule has 0 aromatic heterocycles. The average Bonchev–Trinajstić information content (AvgIpc) is 2.27. The minimum absolute atomic E-state index is 0.0186. The van der Waals surface area contributed by atoms with Crippen molar-refractivity contribution in [3.05, 3.63) is 48.2 Å². The second-order valence-electron chi connectivity index (χ2n) is 2.74. The Morgan fingerprint density at radius 1 is 1.40 bits per heavy atom. The summed E-state index contributed by atoms with van der Waals surface area (Å²) in [7, 11) is 0. The van der Waals surface area contributed by atoms with Crippen LogP contribution in [-0.2, 0) is 4.74 Å². The van der Waals surface area contributed by atoms with E-state index in [0.29, 0.717) is 5.56 Å². The fourth-order valence-electron chi connectivity index (χ4n) is 0.938. The smallest absolute Gasteiger partial charge is 0.417 e. The fraction of sp³-hybridized carbons (Fsp3) is 0.0909. The summed E-state index contributed by atoms with van der Waals surface area (Å²) in [6.45, 7) is 1.73. The topological polar surface area (TPSA) is 62.2 Å². The molecule has 15 heavy (non-hydrogen) atoms. The van der Waals surface area contributed by atoms with Gasteiger partial charge in [0.15, 0.2) is 0 Å². The number of allylic oxidation sites excluding steroid dienone is 1. The van der Waals surface area contributed by atoms with Crippen LogP contribution in [0.15, 0.2) is 42.7 Å². The summed E-state index contributed by atoms with van der Waals surface area (Å²) in [5, 5.41) is 9.86. The molecule has 0 bridgehead atoms. The number of benzene rings is 1. The van der Waals surface area contributed by atoms with Gasteiger partial charge in [-0.1, -0.05) is 36.4 Å². The first-order valence-corrected chi connectivity index (χ1v) is 4.47. The van der Waals surface area contributed by atoms with Crippen molar-refractivity contribution in [2.45, 2.75) is 6.92 Å². The number of amidine groups is 1. The Morgan fingerprint density at radius 2 is 2.07 bits per heavy atom. The third-order valence-electron chi connectivity index (χ3n) is 1.60. The first-order chi connectivity index (χ1) is 7.24. The van der Waals surface area contributed by atoms with E-state index < -0.39 is 6.09 Å². The van der Waals surface area contributed by atoms with Gasteiger partial charge in [-0.3, -0.25) is 10.7 Å². The molecule has 1 aromatic carbocycles. The predicted molar refractivity (Wildman–Crippen MR) is 57.7 cm³/mol. The first kappa shape index (κ1) is 11.0. The molecule has 0 spiro atoms. The fourth-order valence-corrected chi connectivity index (χ4v) is 0.938. The summed E-state index contributed by atoms with van der Waals surface area (Å²) in [6.07, 6.45) is 2.18. The Morgan fingerprint density at radius 3 is 2.67 bits per heavy atom. The van der Waals surface area contributed by atoms with Crippen molar-refractivity contribution in [2.24, 2.45) is 0 Å². The van der Waals surface area contributed by atoms with E-state index in [0.717, 1.165) is 0 Å². The lowest BCUT2D eigenvalue weighted by Crippen LogP contribution is -2.29. The third kappa shape index (κ3) is 3.64. The standard InChI is InChI=1S/C11H12N2O2/c1-2-8-15-11(14)13-10(12)9-6-4-3-5-7-9/h2-8H,1H3,(H2,12,13,14). The zero-order chi connectivity index (χ0) is 11.1. The van der Waals surface area contributed by atoms with Crippen molar-refractivity contribution in [1.29, 1.82) is 5.41 Å². The van der Waals surface area contributed by atoms with E-state index in [4.69, 9.17) is 5.41 Å². The summed E-state index contributed by atoms with van der Waals surface area (Å²) in [5.74, 6) is 0.0186. The molecule has 0 saturated carbocycles. The van der Waals surface area contributed by atoms with Crippen LogP contribution in [-0.4, -0.2) is 11.9 Å². The molecule has 0 radical (unpaired) electrons. The second kappa shape index (κ2) is 5.59. The lowest BCUT2D eigenvalue weighted by molar-refractivity contribution is 0.191. The van der Waals surface area contributed by atoms with Crippen LogP contribution in [0.5, 0.6) is 0 Å². The van der Waals surface area contributed by atoms with Crippen LogP contribution in [0.2, 0.25) is 0 Å². The number of nitrogens with one attached hydrogen (secondary N) is 2. The zero-order valence-electron chi connectivity index (χ0n) is 8.36. The summed E-state index contributed by atoms with van der Waals surface area (Å²) in [6, 6.07) is 8.90. The van der Waals surface area contributed by atoms with Gasteiger partial charge in [0.1, 0.15) is 5.84 Å². The quantitative estimate of drug-likeness (QED) is 0.441. The lowest BCUT2D eigenvalue weighted by Gasteiger charge is -2.04. The number of amides is 1. The molecular formula is C11H12N2O2.